The first-order chi connectivity index (χ1) is 12.7. The van der Waals surface area contributed by atoms with Crippen molar-refractivity contribution >= 4 is 16.8 Å². The van der Waals surface area contributed by atoms with Crippen LogP contribution >= 0.6 is 0 Å². The zero-order valence-electron chi connectivity index (χ0n) is 15.0. The van der Waals surface area contributed by atoms with Crippen molar-refractivity contribution < 1.29 is 9.90 Å². The molecule has 2 N–H and O–H groups in total. The fourth-order valence-electron chi connectivity index (χ4n) is 4.09. The Morgan fingerprint density at radius 2 is 2.00 bits per heavy atom. The number of piperazine rings is 1. The Morgan fingerprint density at radius 3 is 2.85 bits per heavy atom. The van der Waals surface area contributed by atoms with Crippen molar-refractivity contribution in [2.24, 2.45) is 5.92 Å². The molecule has 1 aromatic carbocycles. The van der Waals surface area contributed by atoms with Crippen LogP contribution in [0.25, 0.3) is 10.9 Å². The largest absolute Gasteiger partial charge is 0.391 e. The number of fused-ring (bicyclic) bond motifs is 1. The van der Waals surface area contributed by atoms with Crippen LogP contribution in [0.4, 0.5) is 0 Å². The van der Waals surface area contributed by atoms with Crippen LogP contribution in [0.2, 0.25) is 0 Å². The van der Waals surface area contributed by atoms with Crippen LogP contribution in [0, 0.1) is 5.92 Å². The summed E-state index contributed by atoms with van der Waals surface area (Å²) in [4.78, 5) is 20.9. The second-order valence-corrected chi connectivity index (χ2v) is 7.34. The topological polar surface area (TPSA) is 68.7 Å². The first-order valence-electron chi connectivity index (χ1n) is 9.42. The van der Waals surface area contributed by atoms with Crippen LogP contribution in [0.3, 0.4) is 0 Å². The number of benzene rings is 1. The summed E-state index contributed by atoms with van der Waals surface area (Å²) in [6.07, 6.45) is 2.26. The maximum atomic E-state index is 12.5. The van der Waals surface area contributed by atoms with Crippen molar-refractivity contribution in [1.29, 1.82) is 0 Å². The maximum Gasteiger partial charge on any atom is 0.236 e. The Morgan fingerprint density at radius 1 is 1.19 bits per heavy atom. The third-order valence-corrected chi connectivity index (χ3v) is 5.53. The van der Waals surface area contributed by atoms with Crippen LogP contribution in [0.1, 0.15) is 5.56 Å². The Bertz CT molecular complexity index is 770. The summed E-state index contributed by atoms with van der Waals surface area (Å²) in [5.41, 5.74) is 2.21. The first kappa shape index (κ1) is 17.4. The van der Waals surface area contributed by atoms with E-state index < -0.39 is 6.10 Å². The van der Waals surface area contributed by atoms with Gasteiger partial charge in [-0.3, -0.25) is 14.7 Å². The standard InChI is InChI=1S/C20H26N4O2/c25-19-13-23(14-20(26)24-9-7-21-8-10-24)12-16(19)11-15-5-6-22-18-4-2-1-3-17(15)18/h1-6,16,19,21,25H,7-14H2. The summed E-state index contributed by atoms with van der Waals surface area (Å²) in [5.74, 6) is 0.324. The first-order valence-corrected chi connectivity index (χ1v) is 9.42. The number of para-hydroxylation sites is 1. The van der Waals surface area contributed by atoms with Crippen molar-refractivity contribution in [3.8, 4) is 0 Å². The number of pyridine rings is 1. The number of nitrogens with zero attached hydrogens (tertiary/aromatic N) is 3. The van der Waals surface area contributed by atoms with E-state index in [0.29, 0.717) is 13.1 Å². The highest BCUT2D eigenvalue weighted by Gasteiger charge is 2.33. The highest BCUT2D eigenvalue weighted by atomic mass is 16.3. The van der Waals surface area contributed by atoms with Gasteiger partial charge < -0.3 is 15.3 Å². The average molecular weight is 354 g/mol. The monoisotopic (exact) mass is 354 g/mol. The summed E-state index contributed by atoms with van der Waals surface area (Å²) in [6, 6.07) is 10.2. The van der Waals surface area contributed by atoms with Gasteiger partial charge in [-0.25, -0.2) is 0 Å². The van der Waals surface area contributed by atoms with E-state index in [1.54, 1.807) is 0 Å². The van der Waals surface area contributed by atoms with E-state index in [1.165, 1.54) is 5.56 Å². The van der Waals surface area contributed by atoms with Crippen molar-refractivity contribution in [1.82, 2.24) is 20.1 Å². The van der Waals surface area contributed by atoms with E-state index in [0.717, 1.165) is 50.0 Å². The van der Waals surface area contributed by atoms with Crippen molar-refractivity contribution in [2.75, 3.05) is 45.8 Å². The average Bonchev–Trinajstić information content (AvgIpc) is 3.01. The minimum atomic E-state index is -0.391. The number of β-amino-alcohol motifs (C(OH)–C–C–N with tert-alkyl or cyclic N) is 1. The highest BCUT2D eigenvalue weighted by Crippen LogP contribution is 2.25. The molecule has 2 atom stereocenters. The van der Waals surface area contributed by atoms with Gasteiger partial charge in [0.05, 0.1) is 18.2 Å². The number of hydrogen-bond donors (Lipinski definition) is 2. The fraction of sp³-hybridized carbons (Fsp3) is 0.500. The molecule has 0 saturated carbocycles. The number of carbonyl (C=O) groups is 1. The number of nitrogens with one attached hydrogen (secondary N) is 1. The third kappa shape index (κ3) is 3.72. The molecule has 0 bridgehead atoms. The predicted molar refractivity (Wildman–Crippen MR) is 101 cm³/mol. The van der Waals surface area contributed by atoms with Gasteiger partial charge in [-0.1, -0.05) is 18.2 Å². The van der Waals surface area contributed by atoms with Crippen LogP contribution in [0.15, 0.2) is 36.5 Å². The van der Waals surface area contributed by atoms with Crippen molar-refractivity contribution in [2.45, 2.75) is 12.5 Å². The van der Waals surface area contributed by atoms with Gasteiger partial charge in [-0.05, 0) is 24.1 Å². The molecule has 2 aromatic rings. The van der Waals surface area contributed by atoms with Crippen molar-refractivity contribution in [3.05, 3.63) is 42.1 Å². The Hall–Kier alpha value is -2.02. The zero-order chi connectivity index (χ0) is 17.9. The molecule has 2 saturated heterocycles. The molecule has 2 fully saturated rings. The summed E-state index contributed by atoms with van der Waals surface area (Å²) < 4.78 is 0. The lowest BCUT2D eigenvalue weighted by Crippen LogP contribution is -2.49. The number of aromatic nitrogens is 1. The normalized spacial score (nSPS) is 24.3. The molecule has 138 valence electrons. The fourth-order valence-corrected chi connectivity index (χ4v) is 4.09. The lowest BCUT2D eigenvalue weighted by Gasteiger charge is -2.29. The van der Waals surface area contributed by atoms with E-state index in [2.05, 4.69) is 21.3 Å². The molecule has 6 heteroatoms. The molecule has 2 unspecified atom stereocenters. The number of likely N-dealkylation sites (tertiary alicyclic amines) is 1. The van der Waals surface area contributed by atoms with Gasteiger partial charge in [0.15, 0.2) is 0 Å². The molecule has 0 radical (unpaired) electrons. The SMILES string of the molecule is O=C(CN1CC(O)C(Cc2ccnc3ccccc23)C1)N1CCNCC1. The summed E-state index contributed by atoms with van der Waals surface area (Å²) in [5, 5.41) is 14.9. The summed E-state index contributed by atoms with van der Waals surface area (Å²) in [7, 11) is 0. The number of amides is 1. The van der Waals surface area contributed by atoms with E-state index in [9.17, 15) is 9.90 Å². The quantitative estimate of drug-likeness (QED) is 0.837. The Kier molecular flexibility index (Phi) is 5.15. The number of rotatable bonds is 4. The lowest BCUT2D eigenvalue weighted by molar-refractivity contribution is -0.132. The van der Waals surface area contributed by atoms with E-state index in [-0.39, 0.29) is 11.8 Å². The van der Waals surface area contributed by atoms with Gasteiger partial charge in [0.1, 0.15) is 0 Å². The van der Waals surface area contributed by atoms with Gasteiger partial charge in [-0.2, -0.15) is 0 Å². The Balaban J connectivity index is 1.40. The van der Waals surface area contributed by atoms with Crippen LogP contribution in [0.5, 0.6) is 0 Å². The molecule has 1 amide bonds. The van der Waals surface area contributed by atoms with E-state index in [4.69, 9.17) is 0 Å². The number of aliphatic hydroxyl groups excluding tert-OH is 1. The molecular weight excluding hydrogens is 328 g/mol. The molecule has 6 nitrogen and oxygen atoms in total. The smallest absolute Gasteiger partial charge is 0.236 e. The number of carbonyl (C=O) groups excluding carboxylic acids is 1. The minimum Gasteiger partial charge on any atom is -0.391 e. The van der Waals surface area contributed by atoms with Gasteiger partial charge in [0.25, 0.3) is 0 Å². The summed E-state index contributed by atoms with van der Waals surface area (Å²) in [6.45, 7) is 5.04. The number of aliphatic hydroxyl groups is 1. The predicted octanol–water partition coefficient (Wildman–Crippen LogP) is 0.502. The molecule has 1 aromatic heterocycles. The lowest BCUT2D eigenvalue weighted by atomic mass is 9.94. The van der Waals surface area contributed by atoms with Gasteiger partial charge >= 0.3 is 0 Å². The highest BCUT2D eigenvalue weighted by molar-refractivity contribution is 5.82. The Labute approximate surface area is 153 Å². The van der Waals surface area contributed by atoms with Gasteiger partial charge in [0.2, 0.25) is 5.91 Å². The van der Waals surface area contributed by atoms with Gasteiger partial charge in [-0.15, -0.1) is 0 Å². The molecule has 2 aliphatic heterocycles. The van der Waals surface area contributed by atoms with Crippen LogP contribution in [-0.4, -0.2) is 77.7 Å². The third-order valence-electron chi connectivity index (χ3n) is 5.53. The molecule has 4 rings (SSSR count). The van der Waals surface area contributed by atoms with E-state index in [1.807, 2.05) is 35.4 Å². The second-order valence-electron chi connectivity index (χ2n) is 7.34. The number of hydrogen-bond acceptors (Lipinski definition) is 5. The summed E-state index contributed by atoms with van der Waals surface area (Å²) >= 11 is 0. The van der Waals surface area contributed by atoms with Crippen molar-refractivity contribution in [3.63, 3.8) is 0 Å². The minimum absolute atomic E-state index is 0.150. The van der Waals surface area contributed by atoms with Crippen LogP contribution < -0.4 is 5.32 Å². The molecule has 0 aliphatic carbocycles. The van der Waals surface area contributed by atoms with E-state index >= 15 is 0 Å². The molecular formula is C20H26N4O2. The second kappa shape index (κ2) is 7.70. The molecule has 26 heavy (non-hydrogen) atoms. The molecule has 2 aliphatic rings. The maximum absolute atomic E-state index is 12.5. The van der Waals surface area contributed by atoms with Crippen LogP contribution in [-0.2, 0) is 11.2 Å². The molecule has 3 heterocycles. The molecule has 0 spiro atoms. The van der Waals surface area contributed by atoms with Gasteiger partial charge in [0, 0.05) is 56.8 Å². The zero-order valence-corrected chi connectivity index (χ0v) is 15.0.